The molecule has 1 N–H and O–H groups in total. The Labute approximate surface area is 144 Å². The van der Waals surface area contributed by atoms with Gasteiger partial charge in [-0.1, -0.05) is 23.7 Å². The molecule has 4 nitrogen and oxygen atoms in total. The molecule has 6 heteroatoms. The fourth-order valence-electron chi connectivity index (χ4n) is 2.69. The summed E-state index contributed by atoms with van der Waals surface area (Å²) in [6.07, 6.45) is 1.63. The van der Waals surface area contributed by atoms with Crippen molar-refractivity contribution >= 4 is 34.8 Å². The lowest BCUT2D eigenvalue weighted by Gasteiger charge is -2.16. The second-order valence-electron chi connectivity index (χ2n) is 5.66. The number of halogens is 2. The summed E-state index contributed by atoms with van der Waals surface area (Å²) in [4.78, 5) is 25.6. The molecule has 24 heavy (non-hydrogen) atoms. The summed E-state index contributed by atoms with van der Waals surface area (Å²) >= 11 is 5.89. The topological polar surface area (TPSA) is 49.4 Å². The van der Waals surface area contributed by atoms with Gasteiger partial charge >= 0.3 is 0 Å². The third-order valence-electron chi connectivity index (χ3n) is 3.89. The third kappa shape index (κ3) is 3.74. The van der Waals surface area contributed by atoms with Crippen molar-refractivity contribution in [3.05, 3.63) is 58.9 Å². The van der Waals surface area contributed by atoms with Crippen LogP contribution in [0.2, 0.25) is 5.02 Å². The fraction of sp³-hybridized carbons (Fsp3) is 0.222. The summed E-state index contributed by atoms with van der Waals surface area (Å²) in [5, 5.41) is 2.82. The van der Waals surface area contributed by atoms with Crippen LogP contribution in [0.1, 0.15) is 18.4 Å². The molecule has 0 aliphatic carbocycles. The first kappa shape index (κ1) is 16.5. The first-order valence-electron chi connectivity index (χ1n) is 7.67. The molecule has 3 rings (SSSR count). The second kappa shape index (κ2) is 7.01. The molecule has 1 aliphatic rings. The van der Waals surface area contributed by atoms with Crippen molar-refractivity contribution in [3.8, 4) is 0 Å². The number of rotatable bonds is 4. The van der Waals surface area contributed by atoms with Gasteiger partial charge in [0.05, 0.1) is 17.1 Å². The number of hydrogen-bond acceptors (Lipinski definition) is 2. The quantitative estimate of drug-likeness (QED) is 0.915. The molecule has 0 radical (unpaired) electrons. The zero-order valence-electron chi connectivity index (χ0n) is 12.9. The first-order valence-corrected chi connectivity index (χ1v) is 8.05. The maximum Gasteiger partial charge on any atom is 0.228 e. The first-order chi connectivity index (χ1) is 11.5. The van der Waals surface area contributed by atoms with Crippen LogP contribution in [0.4, 0.5) is 15.8 Å². The Morgan fingerprint density at radius 2 is 1.96 bits per heavy atom. The Kier molecular flexibility index (Phi) is 4.81. The molecule has 0 spiro atoms. The van der Waals surface area contributed by atoms with Crippen LogP contribution in [0, 0.1) is 5.82 Å². The van der Waals surface area contributed by atoms with Crippen LogP contribution >= 0.6 is 11.6 Å². The van der Waals surface area contributed by atoms with Gasteiger partial charge < -0.3 is 10.2 Å². The van der Waals surface area contributed by atoms with Crippen molar-refractivity contribution in [2.45, 2.75) is 19.3 Å². The molecule has 0 aromatic heterocycles. The Morgan fingerprint density at radius 1 is 1.21 bits per heavy atom. The van der Waals surface area contributed by atoms with Crippen molar-refractivity contribution in [2.75, 3.05) is 16.8 Å². The monoisotopic (exact) mass is 346 g/mol. The molecule has 2 amide bonds. The predicted octanol–water partition coefficient (Wildman–Crippen LogP) is 3.79. The number of nitrogens with one attached hydrogen (secondary N) is 1. The molecule has 0 bridgehead atoms. The Morgan fingerprint density at radius 3 is 2.58 bits per heavy atom. The zero-order valence-corrected chi connectivity index (χ0v) is 13.6. The van der Waals surface area contributed by atoms with Crippen molar-refractivity contribution in [1.82, 2.24) is 0 Å². The van der Waals surface area contributed by atoms with Crippen LogP contribution < -0.4 is 10.2 Å². The van der Waals surface area contributed by atoms with E-state index in [1.54, 1.807) is 4.90 Å². The van der Waals surface area contributed by atoms with Gasteiger partial charge in [-0.15, -0.1) is 0 Å². The molecule has 2 aromatic carbocycles. The van der Waals surface area contributed by atoms with Crippen LogP contribution in [0.3, 0.4) is 0 Å². The highest BCUT2D eigenvalue weighted by Crippen LogP contribution is 2.24. The van der Waals surface area contributed by atoms with Gasteiger partial charge in [-0.2, -0.15) is 0 Å². The van der Waals surface area contributed by atoms with E-state index in [4.69, 9.17) is 11.6 Å². The predicted molar refractivity (Wildman–Crippen MR) is 91.8 cm³/mol. The smallest absolute Gasteiger partial charge is 0.228 e. The van der Waals surface area contributed by atoms with Crippen molar-refractivity contribution in [3.63, 3.8) is 0 Å². The molecule has 1 saturated heterocycles. The van der Waals surface area contributed by atoms with Gasteiger partial charge in [0, 0.05) is 18.7 Å². The minimum Gasteiger partial charge on any atom is -0.324 e. The number of benzene rings is 2. The molecule has 1 aliphatic heterocycles. The number of nitrogens with zero attached hydrogens (tertiary/aromatic N) is 1. The lowest BCUT2D eigenvalue weighted by molar-refractivity contribution is -0.117. The van der Waals surface area contributed by atoms with Gasteiger partial charge in [0.2, 0.25) is 11.8 Å². The van der Waals surface area contributed by atoms with Crippen LogP contribution in [0.25, 0.3) is 0 Å². The summed E-state index contributed by atoms with van der Waals surface area (Å²) in [5.74, 6) is -0.565. The average molecular weight is 347 g/mol. The molecule has 1 heterocycles. The largest absolute Gasteiger partial charge is 0.324 e. The van der Waals surface area contributed by atoms with Crippen LogP contribution in [-0.4, -0.2) is 18.4 Å². The van der Waals surface area contributed by atoms with E-state index < -0.39 is 5.82 Å². The Balaban J connectivity index is 1.63. The van der Waals surface area contributed by atoms with E-state index in [1.807, 2.05) is 24.3 Å². The van der Waals surface area contributed by atoms with Gasteiger partial charge in [0.15, 0.2) is 0 Å². The van der Waals surface area contributed by atoms with Gasteiger partial charge in [0.1, 0.15) is 5.82 Å². The van der Waals surface area contributed by atoms with Gasteiger partial charge in [-0.05, 0) is 42.3 Å². The fourth-order valence-corrected chi connectivity index (χ4v) is 2.90. The highest BCUT2D eigenvalue weighted by molar-refractivity contribution is 6.33. The van der Waals surface area contributed by atoms with Gasteiger partial charge in [-0.3, -0.25) is 9.59 Å². The molecular formula is C18H16ClFN2O2. The molecule has 0 saturated carbocycles. The minimum atomic E-state index is -0.454. The van der Waals surface area contributed by atoms with Crippen LogP contribution in [-0.2, 0) is 16.0 Å². The van der Waals surface area contributed by atoms with Crippen molar-refractivity contribution < 1.29 is 14.0 Å². The summed E-state index contributed by atoms with van der Waals surface area (Å²) in [6.45, 7) is 0.738. The second-order valence-corrected chi connectivity index (χ2v) is 6.07. The van der Waals surface area contributed by atoms with E-state index >= 15 is 0 Å². The highest BCUT2D eigenvalue weighted by atomic mass is 35.5. The lowest BCUT2D eigenvalue weighted by Crippen LogP contribution is -2.23. The van der Waals surface area contributed by atoms with Gasteiger partial charge in [0.25, 0.3) is 0 Å². The van der Waals surface area contributed by atoms with E-state index in [0.29, 0.717) is 12.1 Å². The molecule has 2 aromatic rings. The number of carbonyl (C=O) groups excluding carboxylic acids is 2. The SMILES string of the molecule is O=C(Cc1ccc(N2CCCC2=O)cc1)Nc1ccc(F)cc1Cl. The molecule has 124 valence electrons. The molecule has 1 fully saturated rings. The summed E-state index contributed by atoms with van der Waals surface area (Å²) < 4.78 is 13.0. The summed E-state index contributed by atoms with van der Waals surface area (Å²) in [7, 11) is 0. The van der Waals surface area contributed by atoms with E-state index in [1.165, 1.54) is 12.1 Å². The molecule has 0 atom stereocenters. The standard InChI is InChI=1S/C18H16ClFN2O2/c19-15-11-13(20)5-8-16(15)21-17(23)10-12-3-6-14(7-4-12)22-9-1-2-18(22)24/h3-8,11H,1-2,9-10H2,(H,21,23). The number of anilines is 2. The van der Waals surface area contributed by atoms with Gasteiger partial charge in [-0.25, -0.2) is 4.39 Å². The van der Waals surface area contributed by atoms with E-state index in [9.17, 15) is 14.0 Å². The maximum absolute atomic E-state index is 13.0. The lowest BCUT2D eigenvalue weighted by atomic mass is 10.1. The van der Waals surface area contributed by atoms with Crippen LogP contribution in [0.5, 0.6) is 0 Å². The van der Waals surface area contributed by atoms with Crippen molar-refractivity contribution in [2.24, 2.45) is 0 Å². The zero-order chi connectivity index (χ0) is 17.1. The third-order valence-corrected chi connectivity index (χ3v) is 4.20. The number of carbonyl (C=O) groups is 2. The maximum atomic E-state index is 13.0. The normalized spacial score (nSPS) is 14.1. The molecule has 0 unspecified atom stereocenters. The Hall–Kier alpha value is -2.40. The minimum absolute atomic E-state index is 0.131. The molecular weight excluding hydrogens is 331 g/mol. The summed E-state index contributed by atoms with van der Waals surface area (Å²) in [5.41, 5.74) is 2.05. The van der Waals surface area contributed by atoms with Crippen molar-refractivity contribution in [1.29, 1.82) is 0 Å². The van der Waals surface area contributed by atoms with Crippen LogP contribution in [0.15, 0.2) is 42.5 Å². The van der Waals surface area contributed by atoms with E-state index in [-0.39, 0.29) is 23.3 Å². The number of hydrogen-bond donors (Lipinski definition) is 1. The van der Waals surface area contributed by atoms with E-state index in [2.05, 4.69) is 5.32 Å². The Bertz CT molecular complexity index is 777. The average Bonchev–Trinajstić information content (AvgIpc) is 2.97. The number of amides is 2. The van der Waals surface area contributed by atoms with E-state index in [0.717, 1.165) is 30.3 Å². The summed E-state index contributed by atoms with van der Waals surface area (Å²) in [6, 6.07) is 11.2. The highest BCUT2D eigenvalue weighted by Gasteiger charge is 2.21.